The Morgan fingerprint density at radius 1 is 1.00 bits per heavy atom. The fourth-order valence-electron chi connectivity index (χ4n) is 1.37. The maximum atomic E-state index is 6.04. The normalized spacial score (nSPS) is 10.2. The van der Waals surface area contributed by atoms with Crippen molar-refractivity contribution in [2.24, 2.45) is 0 Å². The van der Waals surface area contributed by atoms with Gasteiger partial charge in [0.25, 0.3) is 0 Å². The van der Waals surface area contributed by atoms with Crippen LogP contribution < -0.4 is 10.5 Å². The monoisotopic (exact) mass is 267 g/mol. The molecule has 0 aliphatic rings. The fourth-order valence-corrected chi connectivity index (χ4v) is 1.74. The highest BCUT2D eigenvalue weighted by Gasteiger charge is 2.02. The van der Waals surface area contributed by atoms with E-state index in [2.05, 4.69) is 0 Å². The standard InChI is InChI=1S/C13H11Cl2NO/c14-10-2-5-12(6-3-10)17-8-9-1-4-11(16)7-13(9)15/h1-7H,8,16H2. The van der Waals surface area contributed by atoms with Gasteiger partial charge in [0, 0.05) is 21.3 Å². The second-order valence-electron chi connectivity index (χ2n) is 3.59. The van der Waals surface area contributed by atoms with Gasteiger partial charge in [-0.1, -0.05) is 29.3 Å². The van der Waals surface area contributed by atoms with Crippen molar-refractivity contribution in [2.45, 2.75) is 6.61 Å². The third-order valence-electron chi connectivity index (χ3n) is 2.29. The maximum absolute atomic E-state index is 6.04. The van der Waals surface area contributed by atoms with E-state index in [1.807, 2.05) is 18.2 Å². The molecule has 2 aromatic rings. The summed E-state index contributed by atoms with van der Waals surface area (Å²) in [5.74, 6) is 0.752. The molecule has 17 heavy (non-hydrogen) atoms. The molecular weight excluding hydrogens is 257 g/mol. The van der Waals surface area contributed by atoms with Crippen molar-refractivity contribution in [1.82, 2.24) is 0 Å². The van der Waals surface area contributed by atoms with Gasteiger partial charge in [0.2, 0.25) is 0 Å². The van der Waals surface area contributed by atoms with Gasteiger partial charge in [-0.2, -0.15) is 0 Å². The quantitative estimate of drug-likeness (QED) is 0.848. The van der Waals surface area contributed by atoms with Gasteiger partial charge in [-0.3, -0.25) is 0 Å². The van der Waals surface area contributed by atoms with E-state index >= 15 is 0 Å². The predicted molar refractivity (Wildman–Crippen MR) is 71.6 cm³/mol. The van der Waals surface area contributed by atoms with Crippen LogP contribution in [0.4, 0.5) is 5.69 Å². The van der Waals surface area contributed by atoms with Crippen LogP contribution in [0.25, 0.3) is 0 Å². The molecule has 0 spiro atoms. The summed E-state index contributed by atoms with van der Waals surface area (Å²) >= 11 is 11.8. The molecule has 2 N–H and O–H groups in total. The minimum absolute atomic E-state index is 0.404. The molecule has 88 valence electrons. The summed E-state index contributed by atoms with van der Waals surface area (Å²) in [6.07, 6.45) is 0. The van der Waals surface area contributed by atoms with Crippen molar-refractivity contribution in [1.29, 1.82) is 0 Å². The summed E-state index contributed by atoms with van der Waals surface area (Å²) in [6, 6.07) is 12.5. The third kappa shape index (κ3) is 3.29. The van der Waals surface area contributed by atoms with Gasteiger partial charge >= 0.3 is 0 Å². The molecule has 0 radical (unpaired) electrons. The SMILES string of the molecule is Nc1ccc(COc2ccc(Cl)cc2)c(Cl)c1. The average Bonchev–Trinajstić information content (AvgIpc) is 2.30. The molecule has 4 heteroatoms. The first-order valence-corrected chi connectivity index (χ1v) is 5.83. The van der Waals surface area contributed by atoms with Gasteiger partial charge in [-0.25, -0.2) is 0 Å². The number of halogens is 2. The molecule has 0 fully saturated rings. The van der Waals surface area contributed by atoms with E-state index in [0.29, 0.717) is 22.3 Å². The van der Waals surface area contributed by atoms with E-state index in [4.69, 9.17) is 33.7 Å². The molecule has 0 atom stereocenters. The fraction of sp³-hybridized carbons (Fsp3) is 0.0769. The van der Waals surface area contributed by atoms with Gasteiger partial charge in [0.1, 0.15) is 12.4 Å². The molecule has 2 nitrogen and oxygen atoms in total. The van der Waals surface area contributed by atoms with Gasteiger partial charge in [-0.15, -0.1) is 0 Å². The third-order valence-corrected chi connectivity index (χ3v) is 2.89. The zero-order valence-electron chi connectivity index (χ0n) is 8.99. The molecule has 0 saturated carbocycles. The van der Waals surface area contributed by atoms with Crippen molar-refractivity contribution >= 4 is 28.9 Å². The zero-order valence-corrected chi connectivity index (χ0v) is 10.5. The van der Waals surface area contributed by atoms with Crippen LogP contribution in [0.2, 0.25) is 10.0 Å². The molecule has 0 aliphatic carbocycles. The molecule has 0 bridgehead atoms. The van der Waals surface area contributed by atoms with Crippen LogP contribution in [0.1, 0.15) is 5.56 Å². The van der Waals surface area contributed by atoms with Crippen LogP contribution in [0.5, 0.6) is 5.75 Å². The lowest BCUT2D eigenvalue weighted by Crippen LogP contribution is -1.97. The smallest absolute Gasteiger partial charge is 0.119 e. The van der Waals surface area contributed by atoms with E-state index in [9.17, 15) is 0 Å². The summed E-state index contributed by atoms with van der Waals surface area (Å²) < 4.78 is 5.58. The lowest BCUT2D eigenvalue weighted by atomic mass is 10.2. The minimum atomic E-state index is 0.404. The van der Waals surface area contributed by atoms with Crippen LogP contribution in [0.15, 0.2) is 42.5 Å². The lowest BCUT2D eigenvalue weighted by molar-refractivity contribution is 0.306. The molecular formula is C13H11Cl2NO. The average molecular weight is 268 g/mol. The second kappa shape index (κ2) is 5.30. The maximum Gasteiger partial charge on any atom is 0.119 e. The first-order valence-electron chi connectivity index (χ1n) is 5.07. The number of benzene rings is 2. The Balaban J connectivity index is 2.04. The highest BCUT2D eigenvalue weighted by atomic mass is 35.5. The predicted octanol–water partition coefficient (Wildman–Crippen LogP) is 4.15. The Kier molecular flexibility index (Phi) is 3.77. The summed E-state index contributed by atoms with van der Waals surface area (Å²) in [5.41, 5.74) is 7.15. The zero-order chi connectivity index (χ0) is 12.3. The van der Waals surface area contributed by atoms with Crippen LogP contribution in [0, 0.1) is 0 Å². The van der Waals surface area contributed by atoms with E-state index in [1.165, 1.54) is 0 Å². The minimum Gasteiger partial charge on any atom is -0.489 e. The Hall–Kier alpha value is -1.38. The molecule has 0 heterocycles. The van der Waals surface area contributed by atoms with Crippen molar-refractivity contribution in [3.63, 3.8) is 0 Å². The van der Waals surface area contributed by atoms with Crippen molar-refractivity contribution < 1.29 is 4.74 Å². The van der Waals surface area contributed by atoms with Gasteiger partial charge in [0.05, 0.1) is 0 Å². The van der Waals surface area contributed by atoms with Crippen molar-refractivity contribution in [2.75, 3.05) is 5.73 Å². The molecule has 0 saturated heterocycles. The molecule has 0 aromatic heterocycles. The van der Waals surface area contributed by atoms with Crippen LogP contribution >= 0.6 is 23.2 Å². The topological polar surface area (TPSA) is 35.2 Å². The number of nitrogens with two attached hydrogens (primary N) is 1. The van der Waals surface area contributed by atoms with Crippen molar-refractivity contribution in [3.8, 4) is 5.75 Å². The number of nitrogen functional groups attached to an aromatic ring is 1. The van der Waals surface area contributed by atoms with E-state index < -0.39 is 0 Å². The molecule has 0 unspecified atom stereocenters. The number of ether oxygens (including phenoxy) is 1. The highest BCUT2D eigenvalue weighted by molar-refractivity contribution is 6.31. The van der Waals surface area contributed by atoms with Crippen LogP contribution in [-0.4, -0.2) is 0 Å². The Labute approximate surface area is 110 Å². The number of hydrogen-bond acceptors (Lipinski definition) is 2. The second-order valence-corrected chi connectivity index (χ2v) is 4.44. The Morgan fingerprint density at radius 3 is 2.35 bits per heavy atom. The largest absolute Gasteiger partial charge is 0.489 e. The number of rotatable bonds is 3. The number of anilines is 1. The van der Waals surface area contributed by atoms with Crippen LogP contribution in [0.3, 0.4) is 0 Å². The summed E-state index contributed by atoms with van der Waals surface area (Å²) in [6.45, 7) is 0.404. The number of hydrogen-bond donors (Lipinski definition) is 1. The molecule has 2 rings (SSSR count). The molecule has 0 amide bonds. The molecule has 2 aromatic carbocycles. The van der Waals surface area contributed by atoms with Gasteiger partial charge in [-0.05, 0) is 36.4 Å². The summed E-state index contributed by atoms with van der Waals surface area (Å²) in [5, 5.41) is 1.29. The van der Waals surface area contributed by atoms with Crippen LogP contribution in [-0.2, 0) is 6.61 Å². The van der Waals surface area contributed by atoms with E-state index in [-0.39, 0.29) is 0 Å². The van der Waals surface area contributed by atoms with E-state index in [1.54, 1.807) is 24.3 Å². The van der Waals surface area contributed by atoms with Crippen molar-refractivity contribution in [3.05, 3.63) is 58.1 Å². The summed E-state index contributed by atoms with van der Waals surface area (Å²) in [7, 11) is 0. The lowest BCUT2D eigenvalue weighted by Gasteiger charge is -2.08. The Bertz CT molecular complexity index is 511. The summed E-state index contributed by atoms with van der Waals surface area (Å²) in [4.78, 5) is 0. The van der Waals surface area contributed by atoms with E-state index in [0.717, 1.165) is 11.3 Å². The first kappa shape index (κ1) is 12.1. The first-order chi connectivity index (χ1) is 8.15. The van der Waals surface area contributed by atoms with Gasteiger partial charge in [0.15, 0.2) is 0 Å². The highest BCUT2D eigenvalue weighted by Crippen LogP contribution is 2.22. The van der Waals surface area contributed by atoms with Gasteiger partial charge < -0.3 is 10.5 Å². The molecule has 0 aliphatic heterocycles. The Morgan fingerprint density at radius 2 is 1.71 bits per heavy atom.